The predicted molar refractivity (Wildman–Crippen MR) is 151 cm³/mol. The number of hydrogen-bond donors (Lipinski definition) is 0. The quantitative estimate of drug-likeness (QED) is 0.219. The summed E-state index contributed by atoms with van der Waals surface area (Å²) < 4.78 is 47.1. The number of rotatable bonds is 8. The van der Waals surface area contributed by atoms with Crippen LogP contribution in [0.5, 0.6) is 5.75 Å². The van der Waals surface area contributed by atoms with Crippen LogP contribution in [0.2, 0.25) is 5.02 Å². The van der Waals surface area contributed by atoms with Crippen molar-refractivity contribution < 1.29 is 17.9 Å². The first kappa shape index (κ1) is 28.9. The fourth-order valence-electron chi connectivity index (χ4n) is 4.46. The van der Waals surface area contributed by atoms with Crippen LogP contribution in [0.4, 0.5) is 13.2 Å². The van der Waals surface area contributed by atoms with Gasteiger partial charge in [0.2, 0.25) is 0 Å². The third-order valence-electron chi connectivity index (χ3n) is 6.27. The molecule has 3 heterocycles. The van der Waals surface area contributed by atoms with Gasteiger partial charge >= 0.3 is 6.18 Å². The van der Waals surface area contributed by atoms with Crippen LogP contribution in [0.1, 0.15) is 33.8 Å². The lowest BCUT2D eigenvalue weighted by atomic mass is 10.0. The van der Waals surface area contributed by atoms with Crippen molar-refractivity contribution in [2.24, 2.45) is 0 Å². The zero-order valence-electron chi connectivity index (χ0n) is 22.5. The van der Waals surface area contributed by atoms with E-state index in [0.29, 0.717) is 33.2 Å². The lowest BCUT2D eigenvalue weighted by Crippen LogP contribution is -2.29. The van der Waals surface area contributed by atoms with E-state index in [1.807, 2.05) is 50.2 Å². The number of para-hydroxylation sites is 1. The summed E-state index contributed by atoms with van der Waals surface area (Å²) in [5, 5.41) is 1.20. The second kappa shape index (κ2) is 11.6. The number of aromatic nitrogens is 3. The molecule has 40 heavy (non-hydrogen) atoms. The van der Waals surface area contributed by atoms with Gasteiger partial charge in [-0.2, -0.15) is 13.2 Å². The minimum absolute atomic E-state index is 0.0394. The molecule has 4 rings (SSSR count). The summed E-state index contributed by atoms with van der Waals surface area (Å²) in [6, 6.07) is 11.2. The molecule has 0 spiro atoms. The zero-order chi connectivity index (χ0) is 29.2. The predicted octanol–water partition coefficient (Wildman–Crippen LogP) is 6.80. The van der Waals surface area contributed by atoms with Gasteiger partial charge in [-0.05, 0) is 50.3 Å². The van der Waals surface area contributed by atoms with Gasteiger partial charge in [0.1, 0.15) is 23.4 Å². The molecule has 4 aromatic rings. The van der Waals surface area contributed by atoms with Crippen LogP contribution in [-0.2, 0) is 19.3 Å². The summed E-state index contributed by atoms with van der Waals surface area (Å²) in [5.74, 6) is 0.498. The first-order valence-corrected chi connectivity index (χ1v) is 12.7. The van der Waals surface area contributed by atoms with Crippen LogP contribution < -0.4 is 10.3 Å². The molecule has 0 saturated carbocycles. The molecule has 3 aromatic heterocycles. The molecule has 0 unspecified atom stereocenters. The molecule has 0 N–H and O–H groups in total. The van der Waals surface area contributed by atoms with E-state index >= 15 is 0 Å². The van der Waals surface area contributed by atoms with Gasteiger partial charge in [0.05, 0.1) is 17.3 Å². The third kappa shape index (κ3) is 6.04. The Morgan fingerprint density at radius 2 is 1.85 bits per heavy atom. The molecule has 0 aliphatic carbocycles. The molecule has 0 radical (unpaired) electrons. The van der Waals surface area contributed by atoms with Crippen molar-refractivity contribution in [3.8, 4) is 5.75 Å². The van der Waals surface area contributed by atoms with E-state index in [0.717, 1.165) is 33.0 Å². The van der Waals surface area contributed by atoms with E-state index in [2.05, 4.69) is 11.6 Å². The Morgan fingerprint density at radius 1 is 1.12 bits per heavy atom. The first-order valence-electron chi connectivity index (χ1n) is 12.4. The van der Waals surface area contributed by atoms with E-state index in [1.54, 1.807) is 25.1 Å². The lowest BCUT2D eigenvalue weighted by Gasteiger charge is -2.20. The highest BCUT2D eigenvalue weighted by Crippen LogP contribution is 2.33. The summed E-state index contributed by atoms with van der Waals surface area (Å²) in [6.45, 7) is 7.19. The second-order valence-electron chi connectivity index (χ2n) is 9.46. The van der Waals surface area contributed by atoms with Gasteiger partial charge in [0, 0.05) is 53.9 Å². The average molecular weight is 569 g/mol. The Balaban J connectivity index is 1.74. The van der Waals surface area contributed by atoms with Crippen molar-refractivity contribution in [2.75, 3.05) is 14.1 Å². The molecule has 0 amide bonds. The van der Waals surface area contributed by atoms with Gasteiger partial charge < -0.3 is 14.2 Å². The summed E-state index contributed by atoms with van der Waals surface area (Å²) in [6.07, 6.45) is 0.163. The van der Waals surface area contributed by atoms with Crippen molar-refractivity contribution in [1.82, 2.24) is 19.4 Å². The van der Waals surface area contributed by atoms with Crippen molar-refractivity contribution in [1.29, 1.82) is 0 Å². The molecule has 10 heteroatoms. The number of allylic oxidation sites excluding steroid dienone is 2. The highest BCUT2D eigenvalue weighted by molar-refractivity contribution is 6.31. The molecular weight excluding hydrogens is 541 g/mol. The number of hydrogen-bond acceptors (Lipinski definition) is 5. The summed E-state index contributed by atoms with van der Waals surface area (Å²) in [7, 11) is 3.89. The molecule has 0 aliphatic heterocycles. The maximum absolute atomic E-state index is 13.3. The zero-order valence-corrected chi connectivity index (χ0v) is 23.3. The highest BCUT2D eigenvalue weighted by Gasteiger charge is 2.34. The molecule has 0 atom stereocenters. The first-order chi connectivity index (χ1) is 18.9. The van der Waals surface area contributed by atoms with Gasteiger partial charge in [0.25, 0.3) is 5.56 Å². The van der Waals surface area contributed by atoms with E-state index in [1.165, 1.54) is 12.3 Å². The van der Waals surface area contributed by atoms with Gasteiger partial charge in [0.15, 0.2) is 0 Å². The summed E-state index contributed by atoms with van der Waals surface area (Å²) in [5.41, 5.74) is 2.27. The van der Waals surface area contributed by atoms with Crippen LogP contribution in [0, 0.1) is 13.8 Å². The minimum atomic E-state index is -4.77. The normalized spacial score (nSPS) is 12.1. The maximum atomic E-state index is 13.3. The number of benzene rings is 1. The molecular formula is C30H28ClF3N4O2. The summed E-state index contributed by atoms with van der Waals surface area (Å²) in [4.78, 5) is 23.8. The third-order valence-corrected chi connectivity index (χ3v) is 6.60. The second-order valence-corrected chi connectivity index (χ2v) is 9.86. The van der Waals surface area contributed by atoms with E-state index in [-0.39, 0.29) is 13.2 Å². The Hall–Kier alpha value is -4.11. The van der Waals surface area contributed by atoms with Crippen molar-refractivity contribution in [3.63, 3.8) is 0 Å². The monoisotopic (exact) mass is 568 g/mol. The number of nitrogens with zero attached hydrogens (tertiary/aromatic N) is 4. The number of alkyl halides is 3. The van der Waals surface area contributed by atoms with Crippen LogP contribution in [0.15, 0.2) is 72.2 Å². The SMILES string of the molecule is C=C/C=C(/c1cc(C)nc2c(OCc3c(Cl)cc(C)nc3Cn3cccc(C(F)(F)F)c3=O)cccc12)N(C)C. The van der Waals surface area contributed by atoms with Crippen LogP contribution in [0.25, 0.3) is 16.6 Å². The fraction of sp³-hybridized carbons (Fsp3) is 0.233. The lowest BCUT2D eigenvalue weighted by molar-refractivity contribution is -0.138. The van der Waals surface area contributed by atoms with Crippen LogP contribution in [0.3, 0.4) is 0 Å². The van der Waals surface area contributed by atoms with Gasteiger partial charge in [-0.15, -0.1) is 0 Å². The number of halogens is 4. The number of fused-ring (bicyclic) bond motifs is 1. The molecule has 0 aliphatic rings. The fourth-order valence-corrected chi connectivity index (χ4v) is 4.78. The number of pyridine rings is 3. The Labute approximate surface area is 235 Å². The largest absolute Gasteiger partial charge is 0.486 e. The van der Waals surface area contributed by atoms with Gasteiger partial charge in [-0.3, -0.25) is 9.78 Å². The molecule has 208 valence electrons. The van der Waals surface area contributed by atoms with Crippen molar-refractivity contribution in [3.05, 3.63) is 117 Å². The Kier molecular flexibility index (Phi) is 8.34. The van der Waals surface area contributed by atoms with E-state index < -0.39 is 17.3 Å². The Bertz CT molecular complexity index is 1680. The van der Waals surface area contributed by atoms with Gasteiger partial charge in [-0.25, -0.2) is 4.98 Å². The topological polar surface area (TPSA) is 60.3 Å². The Morgan fingerprint density at radius 3 is 2.52 bits per heavy atom. The van der Waals surface area contributed by atoms with E-state index in [4.69, 9.17) is 21.3 Å². The summed E-state index contributed by atoms with van der Waals surface area (Å²) >= 11 is 6.57. The average Bonchev–Trinajstić information content (AvgIpc) is 2.86. The smallest absolute Gasteiger partial charge is 0.421 e. The molecule has 1 aromatic carbocycles. The van der Waals surface area contributed by atoms with Crippen LogP contribution in [-0.4, -0.2) is 33.5 Å². The molecule has 0 fully saturated rings. The molecule has 6 nitrogen and oxygen atoms in total. The minimum Gasteiger partial charge on any atom is -0.486 e. The van der Waals surface area contributed by atoms with Crippen molar-refractivity contribution >= 4 is 28.2 Å². The molecule has 0 saturated heterocycles. The highest BCUT2D eigenvalue weighted by atomic mass is 35.5. The standard InChI is InChI=1S/C30H28ClF3N4O2/c1-6-9-26(37(4)5)21-14-18(2)36-28-20(21)10-7-12-27(28)40-17-22-24(31)15-19(3)35-25(22)16-38-13-8-11-23(29(38)39)30(32,33)34/h6-15H,1,16-17H2,2-5H3/b26-9-. The maximum Gasteiger partial charge on any atom is 0.421 e. The van der Waals surface area contributed by atoms with E-state index in [9.17, 15) is 18.0 Å². The van der Waals surface area contributed by atoms with Crippen LogP contribution >= 0.6 is 11.6 Å². The van der Waals surface area contributed by atoms with Crippen molar-refractivity contribution in [2.45, 2.75) is 33.2 Å². The number of ether oxygens (including phenoxy) is 1. The number of aryl methyl sites for hydroxylation is 2. The van der Waals surface area contributed by atoms with Gasteiger partial charge in [-0.1, -0.05) is 36.4 Å². The molecule has 0 bridgehead atoms.